The maximum Gasteiger partial charge on any atom is 0.175 e. The van der Waals surface area contributed by atoms with Gasteiger partial charge in [0.1, 0.15) is 0 Å². The first-order valence-electron chi connectivity index (χ1n) is 10.1. The maximum atomic E-state index is 10.8. The van der Waals surface area contributed by atoms with Crippen LogP contribution in [0.15, 0.2) is 89.5 Å². The normalized spacial score (nSPS) is 12.4. The molecule has 0 bridgehead atoms. The van der Waals surface area contributed by atoms with Crippen LogP contribution in [0.4, 0.5) is 0 Å². The van der Waals surface area contributed by atoms with E-state index in [0.717, 1.165) is 28.7 Å². The van der Waals surface area contributed by atoms with Crippen molar-refractivity contribution in [1.29, 1.82) is 0 Å². The zero-order chi connectivity index (χ0) is 20.1. The molecular weight excluding hydrogens is 360 g/mol. The number of aliphatic hydroxyl groups is 1. The third kappa shape index (κ3) is 4.36. The van der Waals surface area contributed by atoms with Gasteiger partial charge in [-0.1, -0.05) is 72.8 Å². The molecule has 1 heterocycles. The SMILES string of the molecule is COc1cccc2c(CC(O)CCC(c3ccccc3)c3ccccc3)coc12. The summed E-state index contributed by atoms with van der Waals surface area (Å²) < 4.78 is 11.1. The van der Waals surface area contributed by atoms with Crippen molar-refractivity contribution >= 4 is 11.0 Å². The predicted molar refractivity (Wildman–Crippen MR) is 116 cm³/mol. The lowest BCUT2D eigenvalue weighted by atomic mass is 9.86. The molecule has 29 heavy (non-hydrogen) atoms. The van der Waals surface area contributed by atoms with Crippen LogP contribution in [-0.4, -0.2) is 18.3 Å². The minimum absolute atomic E-state index is 0.272. The van der Waals surface area contributed by atoms with Gasteiger partial charge in [-0.15, -0.1) is 0 Å². The van der Waals surface area contributed by atoms with Gasteiger partial charge in [0.15, 0.2) is 11.3 Å². The number of ether oxygens (including phenoxy) is 1. The monoisotopic (exact) mass is 386 g/mol. The minimum Gasteiger partial charge on any atom is -0.493 e. The van der Waals surface area contributed by atoms with Crippen LogP contribution < -0.4 is 4.74 Å². The van der Waals surface area contributed by atoms with Gasteiger partial charge in [-0.25, -0.2) is 0 Å². The molecule has 0 radical (unpaired) electrons. The number of furan rings is 1. The first-order chi connectivity index (χ1) is 14.3. The molecule has 0 aliphatic rings. The van der Waals surface area contributed by atoms with Crippen LogP contribution >= 0.6 is 0 Å². The molecule has 4 aromatic rings. The Morgan fingerprint density at radius 2 is 1.48 bits per heavy atom. The number of rotatable bonds is 8. The summed E-state index contributed by atoms with van der Waals surface area (Å²) in [6, 6.07) is 26.9. The molecule has 0 amide bonds. The Balaban J connectivity index is 1.48. The molecule has 0 aliphatic heterocycles. The molecule has 148 valence electrons. The van der Waals surface area contributed by atoms with E-state index in [0.29, 0.717) is 12.8 Å². The molecule has 1 aromatic heterocycles. The molecule has 4 rings (SSSR count). The van der Waals surface area contributed by atoms with Crippen molar-refractivity contribution in [2.75, 3.05) is 7.11 Å². The minimum atomic E-state index is -0.433. The number of methoxy groups -OCH3 is 1. The fourth-order valence-corrected chi connectivity index (χ4v) is 4.01. The van der Waals surface area contributed by atoms with Crippen LogP contribution in [0.2, 0.25) is 0 Å². The van der Waals surface area contributed by atoms with E-state index in [1.807, 2.05) is 30.3 Å². The molecule has 1 unspecified atom stereocenters. The molecule has 3 nitrogen and oxygen atoms in total. The van der Waals surface area contributed by atoms with Crippen LogP contribution in [0.3, 0.4) is 0 Å². The Morgan fingerprint density at radius 1 is 0.828 bits per heavy atom. The number of aliphatic hydroxyl groups excluding tert-OH is 1. The lowest BCUT2D eigenvalue weighted by Crippen LogP contribution is -2.13. The smallest absolute Gasteiger partial charge is 0.175 e. The molecule has 0 saturated carbocycles. The van der Waals surface area contributed by atoms with E-state index in [9.17, 15) is 5.11 Å². The van der Waals surface area contributed by atoms with Gasteiger partial charge in [0.25, 0.3) is 0 Å². The van der Waals surface area contributed by atoms with Gasteiger partial charge < -0.3 is 14.3 Å². The maximum absolute atomic E-state index is 10.8. The van der Waals surface area contributed by atoms with E-state index in [4.69, 9.17) is 9.15 Å². The van der Waals surface area contributed by atoms with E-state index in [2.05, 4.69) is 48.5 Å². The third-order valence-corrected chi connectivity index (χ3v) is 5.51. The number of para-hydroxylation sites is 1. The van der Waals surface area contributed by atoms with Gasteiger partial charge in [-0.05, 0) is 30.0 Å². The molecule has 0 spiro atoms. The largest absolute Gasteiger partial charge is 0.493 e. The lowest BCUT2D eigenvalue weighted by molar-refractivity contribution is 0.160. The van der Waals surface area contributed by atoms with Crippen LogP contribution in [-0.2, 0) is 6.42 Å². The Hall–Kier alpha value is -3.04. The van der Waals surface area contributed by atoms with Crippen LogP contribution in [0.1, 0.15) is 35.4 Å². The predicted octanol–water partition coefficient (Wildman–Crippen LogP) is 5.96. The average Bonchev–Trinajstić information content (AvgIpc) is 3.18. The highest BCUT2D eigenvalue weighted by Gasteiger charge is 2.18. The highest BCUT2D eigenvalue weighted by atomic mass is 16.5. The van der Waals surface area contributed by atoms with Crippen LogP contribution in [0, 0.1) is 0 Å². The standard InChI is InChI=1S/C26H26O3/c1-28-25-14-8-13-24-21(18-29-26(24)25)17-22(27)15-16-23(19-9-4-2-5-10-19)20-11-6-3-7-12-20/h2-14,18,22-23,27H,15-17H2,1H3. The van der Waals surface area contributed by atoms with Crippen molar-refractivity contribution in [2.45, 2.75) is 31.3 Å². The number of fused-ring (bicyclic) bond motifs is 1. The molecular formula is C26H26O3. The van der Waals surface area contributed by atoms with Gasteiger partial charge >= 0.3 is 0 Å². The van der Waals surface area contributed by atoms with Gasteiger partial charge in [-0.2, -0.15) is 0 Å². The Labute approximate surface area is 171 Å². The molecule has 1 N–H and O–H groups in total. The Bertz CT molecular complexity index is 998. The highest BCUT2D eigenvalue weighted by molar-refractivity contribution is 5.86. The second kappa shape index (κ2) is 8.97. The molecule has 1 atom stereocenters. The van der Waals surface area contributed by atoms with E-state index < -0.39 is 6.10 Å². The van der Waals surface area contributed by atoms with Crippen molar-refractivity contribution < 1.29 is 14.3 Å². The van der Waals surface area contributed by atoms with E-state index >= 15 is 0 Å². The number of hydrogen-bond acceptors (Lipinski definition) is 3. The van der Waals surface area contributed by atoms with Crippen LogP contribution in [0.5, 0.6) is 5.75 Å². The molecule has 0 fully saturated rings. The van der Waals surface area contributed by atoms with Gasteiger partial charge in [-0.3, -0.25) is 0 Å². The second-order valence-corrected chi connectivity index (χ2v) is 7.41. The zero-order valence-corrected chi connectivity index (χ0v) is 16.6. The molecule has 0 aliphatic carbocycles. The Morgan fingerprint density at radius 3 is 2.10 bits per heavy atom. The van der Waals surface area contributed by atoms with Gasteiger partial charge in [0.2, 0.25) is 0 Å². The first-order valence-corrected chi connectivity index (χ1v) is 10.1. The summed E-state index contributed by atoms with van der Waals surface area (Å²) in [6.07, 6.45) is 3.47. The fraction of sp³-hybridized carbons (Fsp3) is 0.231. The molecule has 0 saturated heterocycles. The van der Waals surface area contributed by atoms with Crippen LogP contribution in [0.25, 0.3) is 11.0 Å². The molecule has 3 heteroatoms. The summed E-state index contributed by atoms with van der Waals surface area (Å²) >= 11 is 0. The highest BCUT2D eigenvalue weighted by Crippen LogP contribution is 2.32. The van der Waals surface area contributed by atoms with Crippen molar-refractivity contribution in [1.82, 2.24) is 0 Å². The summed E-state index contributed by atoms with van der Waals surface area (Å²) in [6.45, 7) is 0. The van der Waals surface area contributed by atoms with Crippen molar-refractivity contribution in [3.63, 3.8) is 0 Å². The second-order valence-electron chi connectivity index (χ2n) is 7.41. The quantitative estimate of drug-likeness (QED) is 0.406. The van der Waals surface area contributed by atoms with Crippen molar-refractivity contribution in [2.24, 2.45) is 0 Å². The summed E-state index contributed by atoms with van der Waals surface area (Å²) in [5, 5.41) is 11.8. The summed E-state index contributed by atoms with van der Waals surface area (Å²) in [5.74, 6) is 0.990. The van der Waals surface area contributed by atoms with E-state index in [-0.39, 0.29) is 5.92 Å². The lowest BCUT2D eigenvalue weighted by Gasteiger charge is -2.20. The number of hydrogen-bond donors (Lipinski definition) is 1. The van der Waals surface area contributed by atoms with E-state index in [1.165, 1.54) is 11.1 Å². The average molecular weight is 386 g/mol. The van der Waals surface area contributed by atoms with Gasteiger partial charge in [0, 0.05) is 23.3 Å². The van der Waals surface area contributed by atoms with Gasteiger partial charge in [0.05, 0.1) is 19.5 Å². The third-order valence-electron chi connectivity index (χ3n) is 5.51. The Kier molecular flexibility index (Phi) is 5.97. The summed E-state index contributed by atoms with van der Waals surface area (Å²) in [4.78, 5) is 0. The summed E-state index contributed by atoms with van der Waals surface area (Å²) in [7, 11) is 1.64. The zero-order valence-electron chi connectivity index (χ0n) is 16.6. The summed E-state index contributed by atoms with van der Waals surface area (Å²) in [5.41, 5.74) is 4.32. The molecule has 3 aromatic carbocycles. The topological polar surface area (TPSA) is 42.6 Å². The van der Waals surface area contributed by atoms with Crippen molar-refractivity contribution in [3.8, 4) is 5.75 Å². The first kappa shape index (κ1) is 19.3. The fourth-order valence-electron chi connectivity index (χ4n) is 4.01. The van der Waals surface area contributed by atoms with E-state index in [1.54, 1.807) is 13.4 Å². The number of benzene rings is 3. The van der Waals surface area contributed by atoms with Crippen molar-refractivity contribution in [3.05, 3.63) is 102 Å².